The molecule has 0 unspecified atom stereocenters. The lowest BCUT2D eigenvalue weighted by Gasteiger charge is -2.29. The van der Waals surface area contributed by atoms with E-state index < -0.39 is 0 Å². The maximum absolute atomic E-state index is 11.4. The molecule has 0 saturated carbocycles. The summed E-state index contributed by atoms with van der Waals surface area (Å²) in [4.78, 5) is 17.5. The van der Waals surface area contributed by atoms with E-state index in [-0.39, 0.29) is 10.6 Å². The monoisotopic (exact) mass is 288 g/mol. The maximum Gasteiger partial charge on any atom is 0.281 e. The van der Waals surface area contributed by atoms with Gasteiger partial charge in [0.1, 0.15) is 17.0 Å². The normalized spacial score (nSPS) is 15.2. The molecule has 7 heteroatoms. The number of piperazine rings is 1. The van der Waals surface area contributed by atoms with Gasteiger partial charge in [-0.05, 0) is 12.1 Å². The van der Waals surface area contributed by atoms with Crippen LogP contribution in [0.3, 0.4) is 0 Å². The molecule has 1 aliphatic rings. The van der Waals surface area contributed by atoms with Gasteiger partial charge in [-0.1, -0.05) is 0 Å². The fraction of sp³-hybridized carbons (Fsp3) is 0.357. The van der Waals surface area contributed by atoms with Crippen molar-refractivity contribution in [2.45, 2.75) is 0 Å². The van der Waals surface area contributed by atoms with Crippen molar-refractivity contribution in [2.75, 3.05) is 38.2 Å². The summed E-state index contributed by atoms with van der Waals surface area (Å²) in [6, 6.07) is 4.86. The third-order valence-corrected chi connectivity index (χ3v) is 3.68. The molecule has 21 heavy (non-hydrogen) atoms. The third-order valence-electron chi connectivity index (χ3n) is 3.68. The molecule has 0 radical (unpaired) electrons. The van der Waals surface area contributed by atoms with E-state index in [9.17, 15) is 10.1 Å². The van der Waals surface area contributed by atoms with Crippen molar-refractivity contribution in [2.24, 2.45) is 0 Å². The number of nitrogens with zero attached hydrogens (tertiary/aromatic N) is 3. The van der Waals surface area contributed by atoms with Gasteiger partial charge >= 0.3 is 0 Å². The van der Waals surface area contributed by atoms with E-state index in [1.807, 2.05) is 0 Å². The number of aromatic nitrogens is 1. The average Bonchev–Trinajstić information content (AvgIpc) is 2.53. The van der Waals surface area contributed by atoms with Crippen LogP contribution in [0.2, 0.25) is 0 Å². The van der Waals surface area contributed by atoms with Crippen molar-refractivity contribution < 1.29 is 9.66 Å². The van der Waals surface area contributed by atoms with Crippen molar-refractivity contribution >= 4 is 22.3 Å². The molecule has 2 heterocycles. The average molecular weight is 288 g/mol. The lowest BCUT2D eigenvalue weighted by atomic mass is 10.1. The number of benzene rings is 1. The highest BCUT2D eigenvalue weighted by Gasteiger charge is 2.23. The molecule has 1 aromatic carbocycles. The summed E-state index contributed by atoms with van der Waals surface area (Å²) >= 11 is 0. The van der Waals surface area contributed by atoms with Crippen molar-refractivity contribution in [1.29, 1.82) is 0 Å². The van der Waals surface area contributed by atoms with Gasteiger partial charge in [0, 0.05) is 43.8 Å². The molecule has 0 aliphatic carbocycles. The van der Waals surface area contributed by atoms with Crippen LogP contribution in [0.1, 0.15) is 0 Å². The molecule has 7 nitrogen and oxygen atoms in total. The maximum atomic E-state index is 11.4. The van der Waals surface area contributed by atoms with E-state index in [4.69, 9.17) is 4.74 Å². The molecule has 110 valence electrons. The molecule has 0 amide bonds. The molecule has 1 N–H and O–H groups in total. The number of hydrogen-bond acceptors (Lipinski definition) is 6. The van der Waals surface area contributed by atoms with E-state index in [0.717, 1.165) is 31.6 Å². The number of nitrogens with one attached hydrogen (secondary N) is 1. The molecular formula is C14H16N4O3. The van der Waals surface area contributed by atoms with Crippen molar-refractivity contribution in [3.8, 4) is 5.75 Å². The van der Waals surface area contributed by atoms with E-state index in [1.54, 1.807) is 25.4 Å². The van der Waals surface area contributed by atoms with Gasteiger partial charge in [0.2, 0.25) is 0 Å². The highest BCUT2D eigenvalue weighted by Crippen LogP contribution is 2.37. The fourth-order valence-electron chi connectivity index (χ4n) is 2.68. The molecule has 1 saturated heterocycles. The number of methoxy groups -OCH3 is 1. The Bertz CT molecular complexity index is 683. The quantitative estimate of drug-likeness (QED) is 0.682. The molecule has 1 fully saturated rings. The second-order valence-electron chi connectivity index (χ2n) is 4.84. The Morgan fingerprint density at radius 1 is 1.33 bits per heavy atom. The standard InChI is InChI=1S/C14H16N4O3/c1-21-12-3-2-11(18(19)20)13-10(12)4-5-16-14(13)17-8-6-15-7-9-17/h2-5,15H,6-9H2,1H3. The van der Waals surface area contributed by atoms with Crippen molar-refractivity contribution in [3.05, 3.63) is 34.5 Å². The Kier molecular flexibility index (Phi) is 3.57. The van der Waals surface area contributed by atoms with Crippen molar-refractivity contribution in [3.63, 3.8) is 0 Å². The molecule has 0 atom stereocenters. The Morgan fingerprint density at radius 3 is 2.76 bits per heavy atom. The van der Waals surface area contributed by atoms with Crippen LogP contribution in [-0.2, 0) is 0 Å². The summed E-state index contributed by atoms with van der Waals surface area (Å²) in [5.74, 6) is 1.27. The smallest absolute Gasteiger partial charge is 0.281 e. The highest BCUT2D eigenvalue weighted by molar-refractivity contribution is 6.02. The summed E-state index contributed by atoms with van der Waals surface area (Å²) in [5.41, 5.74) is 0.0624. The summed E-state index contributed by atoms with van der Waals surface area (Å²) in [6.07, 6.45) is 1.67. The first-order chi connectivity index (χ1) is 10.2. The first kappa shape index (κ1) is 13.6. The van der Waals surface area contributed by atoms with Gasteiger partial charge in [0.25, 0.3) is 5.69 Å². The Labute approximate surface area is 121 Å². The second-order valence-corrected chi connectivity index (χ2v) is 4.84. The Balaban J connectivity index is 2.26. The highest BCUT2D eigenvalue weighted by atomic mass is 16.6. The van der Waals surface area contributed by atoms with Gasteiger partial charge in [-0.2, -0.15) is 0 Å². The molecule has 0 bridgehead atoms. The number of nitro groups is 1. The molecule has 3 rings (SSSR count). The topological polar surface area (TPSA) is 80.5 Å². The minimum absolute atomic E-state index is 0.0624. The molecule has 1 aliphatic heterocycles. The summed E-state index contributed by atoms with van der Waals surface area (Å²) in [5, 5.41) is 15.9. The Morgan fingerprint density at radius 2 is 2.10 bits per heavy atom. The zero-order chi connectivity index (χ0) is 14.8. The summed E-state index contributed by atoms with van der Waals surface area (Å²) < 4.78 is 5.32. The number of ether oxygens (including phenoxy) is 1. The number of non-ortho nitro benzene ring substituents is 1. The summed E-state index contributed by atoms with van der Waals surface area (Å²) in [6.45, 7) is 3.24. The first-order valence-electron chi connectivity index (χ1n) is 6.78. The zero-order valence-corrected chi connectivity index (χ0v) is 11.7. The van der Waals surface area contributed by atoms with Crippen LogP contribution >= 0.6 is 0 Å². The zero-order valence-electron chi connectivity index (χ0n) is 11.7. The summed E-state index contributed by atoms with van der Waals surface area (Å²) in [7, 11) is 1.56. The number of hydrogen-bond donors (Lipinski definition) is 1. The van der Waals surface area contributed by atoms with Crippen LogP contribution < -0.4 is 15.0 Å². The minimum Gasteiger partial charge on any atom is -0.496 e. The first-order valence-corrected chi connectivity index (χ1v) is 6.78. The van der Waals surface area contributed by atoms with Gasteiger partial charge in [-0.15, -0.1) is 0 Å². The lowest BCUT2D eigenvalue weighted by Crippen LogP contribution is -2.44. The molecule has 1 aromatic heterocycles. The Hall–Kier alpha value is -2.41. The van der Waals surface area contributed by atoms with Crippen molar-refractivity contribution in [1.82, 2.24) is 10.3 Å². The molecule has 2 aromatic rings. The number of pyridine rings is 1. The molecule has 0 spiro atoms. The number of nitro benzene ring substituents is 1. The SMILES string of the molecule is COc1ccc([N+](=O)[O-])c2c(N3CCNCC3)nccc12. The number of rotatable bonds is 3. The minimum atomic E-state index is -0.366. The van der Waals surface area contributed by atoms with E-state index in [1.165, 1.54) is 6.07 Å². The van der Waals surface area contributed by atoms with Gasteiger partial charge < -0.3 is 15.0 Å². The largest absolute Gasteiger partial charge is 0.496 e. The van der Waals surface area contributed by atoms with Gasteiger partial charge in [0.15, 0.2) is 0 Å². The van der Waals surface area contributed by atoms with Crippen LogP contribution in [-0.4, -0.2) is 43.2 Å². The lowest BCUT2D eigenvalue weighted by molar-refractivity contribution is -0.383. The van der Waals surface area contributed by atoms with Crippen LogP contribution in [0.25, 0.3) is 10.8 Å². The van der Waals surface area contributed by atoms with Crippen LogP contribution in [0.4, 0.5) is 11.5 Å². The number of fused-ring (bicyclic) bond motifs is 1. The fourth-order valence-corrected chi connectivity index (χ4v) is 2.68. The third kappa shape index (κ3) is 2.36. The van der Waals surface area contributed by atoms with Crippen LogP contribution in [0.5, 0.6) is 5.75 Å². The predicted octanol–water partition coefficient (Wildman–Crippen LogP) is 1.56. The van der Waals surface area contributed by atoms with Gasteiger partial charge in [0.05, 0.1) is 12.0 Å². The van der Waals surface area contributed by atoms with E-state index in [2.05, 4.69) is 15.2 Å². The van der Waals surface area contributed by atoms with Crippen LogP contribution in [0.15, 0.2) is 24.4 Å². The van der Waals surface area contributed by atoms with Gasteiger partial charge in [-0.25, -0.2) is 4.98 Å². The molecular weight excluding hydrogens is 272 g/mol. The number of anilines is 1. The predicted molar refractivity (Wildman–Crippen MR) is 80.0 cm³/mol. The van der Waals surface area contributed by atoms with Crippen LogP contribution in [0, 0.1) is 10.1 Å². The van der Waals surface area contributed by atoms with E-state index >= 15 is 0 Å². The second kappa shape index (κ2) is 5.53. The van der Waals surface area contributed by atoms with Gasteiger partial charge in [-0.3, -0.25) is 10.1 Å². The van der Waals surface area contributed by atoms with E-state index in [0.29, 0.717) is 17.0 Å².